The van der Waals surface area contributed by atoms with Crippen LogP contribution in [0.4, 0.5) is 5.69 Å². The van der Waals surface area contributed by atoms with Crippen LogP contribution in [0.3, 0.4) is 0 Å². The zero-order valence-electron chi connectivity index (χ0n) is 10.2. The summed E-state index contributed by atoms with van der Waals surface area (Å²) in [5, 5.41) is 11.5. The predicted molar refractivity (Wildman–Crippen MR) is 68.0 cm³/mol. The van der Waals surface area contributed by atoms with Crippen LogP contribution in [0.15, 0.2) is 24.3 Å². The molecule has 1 unspecified atom stereocenters. The molecule has 94 valence electrons. The van der Waals surface area contributed by atoms with Crippen LogP contribution in [0.5, 0.6) is 0 Å². The largest absolute Gasteiger partial charge is 0.378 e. The van der Waals surface area contributed by atoms with Crippen molar-refractivity contribution in [3.05, 3.63) is 29.8 Å². The lowest BCUT2D eigenvalue weighted by Crippen LogP contribution is -2.15. The molecule has 1 atom stereocenters. The minimum atomic E-state index is -0.00444. The Bertz CT molecular complexity index is 442. The highest BCUT2D eigenvalue weighted by molar-refractivity contribution is 5.90. The van der Waals surface area contributed by atoms with E-state index in [0.29, 0.717) is 12.0 Å². The summed E-state index contributed by atoms with van der Waals surface area (Å²) in [6.45, 7) is 0.821. The fourth-order valence-electron chi connectivity index (χ4n) is 2.02. The number of nitrogens with one attached hydrogen (secondary N) is 1. The second-order valence-corrected chi connectivity index (χ2v) is 4.41. The van der Waals surface area contributed by atoms with Crippen molar-refractivity contribution in [2.45, 2.75) is 31.8 Å². The Morgan fingerprint density at radius 2 is 2.22 bits per heavy atom. The van der Waals surface area contributed by atoms with Gasteiger partial charge in [-0.2, -0.15) is 5.26 Å². The smallest absolute Gasteiger partial charge is 0.224 e. The van der Waals surface area contributed by atoms with Gasteiger partial charge in [-0.1, -0.05) is 0 Å². The molecule has 1 N–H and O–H groups in total. The van der Waals surface area contributed by atoms with Gasteiger partial charge in [-0.25, -0.2) is 0 Å². The molecule has 0 aliphatic carbocycles. The first kappa shape index (κ1) is 12.6. The third kappa shape index (κ3) is 3.57. The number of amides is 1. The summed E-state index contributed by atoms with van der Waals surface area (Å²) in [4.78, 5) is 11.7. The molecular weight excluding hydrogens is 228 g/mol. The van der Waals surface area contributed by atoms with Gasteiger partial charge in [-0.3, -0.25) is 4.79 Å². The Hall–Kier alpha value is -1.86. The van der Waals surface area contributed by atoms with E-state index in [-0.39, 0.29) is 12.0 Å². The van der Waals surface area contributed by atoms with Gasteiger partial charge in [0.2, 0.25) is 5.91 Å². The highest BCUT2D eigenvalue weighted by Gasteiger charge is 2.16. The van der Waals surface area contributed by atoms with Gasteiger partial charge in [0, 0.05) is 18.7 Å². The first-order chi connectivity index (χ1) is 8.78. The first-order valence-corrected chi connectivity index (χ1v) is 6.19. The van der Waals surface area contributed by atoms with E-state index >= 15 is 0 Å². The molecule has 1 amide bonds. The second kappa shape index (κ2) is 6.18. The number of ether oxygens (including phenoxy) is 1. The van der Waals surface area contributed by atoms with Crippen LogP contribution in [0, 0.1) is 11.3 Å². The summed E-state index contributed by atoms with van der Waals surface area (Å²) in [5.41, 5.74) is 1.32. The number of nitrogens with zero attached hydrogens (tertiary/aromatic N) is 1. The van der Waals surface area contributed by atoms with Crippen LogP contribution in [-0.2, 0) is 9.53 Å². The normalized spacial score (nSPS) is 18.3. The van der Waals surface area contributed by atoms with E-state index < -0.39 is 0 Å². The number of benzene rings is 1. The van der Waals surface area contributed by atoms with Crippen LogP contribution >= 0.6 is 0 Å². The predicted octanol–water partition coefficient (Wildman–Crippen LogP) is 2.46. The third-order valence-corrected chi connectivity index (χ3v) is 3.02. The van der Waals surface area contributed by atoms with Gasteiger partial charge in [0.15, 0.2) is 0 Å². The van der Waals surface area contributed by atoms with Crippen LogP contribution in [-0.4, -0.2) is 18.6 Å². The highest BCUT2D eigenvalue weighted by atomic mass is 16.5. The maximum absolute atomic E-state index is 11.7. The van der Waals surface area contributed by atoms with Crippen LogP contribution in [0.2, 0.25) is 0 Å². The monoisotopic (exact) mass is 244 g/mol. The van der Waals surface area contributed by atoms with Crippen molar-refractivity contribution in [2.75, 3.05) is 11.9 Å². The SMILES string of the molecule is N#Cc1ccc(NC(=O)CCC2CCCO2)cc1. The standard InChI is InChI=1S/C14H16N2O2/c15-10-11-3-5-12(6-4-11)16-14(17)8-7-13-2-1-9-18-13/h3-6,13H,1-2,7-9H2,(H,16,17). The van der Waals surface area contributed by atoms with Crippen molar-refractivity contribution in [2.24, 2.45) is 0 Å². The quantitative estimate of drug-likeness (QED) is 0.884. The van der Waals surface area contributed by atoms with Crippen LogP contribution < -0.4 is 5.32 Å². The van der Waals surface area contributed by atoms with E-state index in [9.17, 15) is 4.79 Å². The lowest BCUT2D eigenvalue weighted by atomic mass is 10.1. The maximum Gasteiger partial charge on any atom is 0.224 e. The van der Waals surface area contributed by atoms with Crippen molar-refractivity contribution >= 4 is 11.6 Å². The highest BCUT2D eigenvalue weighted by Crippen LogP contribution is 2.17. The van der Waals surface area contributed by atoms with E-state index in [1.807, 2.05) is 6.07 Å². The molecule has 1 saturated heterocycles. The average molecular weight is 244 g/mol. The molecule has 0 spiro atoms. The van der Waals surface area contributed by atoms with Crippen molar-refractivity contribution < 1.29 is 9.53 Å². The molecule has 4 nitrogen and oxygen atoms in total. The second-order valence-electron chi connectivity index (χ2n) is 4.41. The molecule has 2 rings (SSSR count). The minimum absolute atomic E-state index is 0.00444. The number of hydrogen-bond acceptors (Lipinski definition) is 3. The molecule has 1 fully saturated rings. The van der Waals surface area contributed by atoms with Crippen molar-refractivity contribution in [3.8, 4) is 6.07 Å². The van der Waals surface area contributed by atoms with E-state index in [0.717, 1.165) is 31.6 Å². The number of rotatable bonds is 4. The van der Waals surface area contributed by atoms with E-state index in [4.69, 9.17) is 10.00 Å². The lowest BCUT2D eigenvalue weighted by Gasteiger charge is -2.09. The summed E-state index contributed by atoms with van der Waals surface area (Å²) in [6, 6.07) is 8.90. The fraction of sp³-hybridized carbons (Fsp3) is 0.429. The fourth-order valence-corrected chi connectivity index (χ4v) is 2.02. The van der Waals surface area contributed by atoms with Gasteiger partial charge >= 0.3 is 0 Å². The van der Waals surface area contributed by atoms with E-state index in [2.05, 4.69) is 5.32 Å². The molecule has 1 aromatic carbocycles. The molecule has 4 heteroatoms. The molecular formula is C14H16N2O2. The van der Waals surface area contributed by atoms with Crippen LogP contribution in [0.1, 0.15) is 31.2 Å². The molecule has 0 bridgehead atoms. The molecule has 0 saturated carbocycles. The van der Waals surface area contributed by atoms with Crippen molar-refractivity contribution in [1.82, 2.24) is 0 Å². The molecule has 18 heavy (non-hydrogen) atoms. The molecule has 1 aliphatic rings. The van der Waals surface area contributed by atoms with E-state index in [1.165, 1.54) is 0 Å². The summed E-state index contributed by atoms with van der Waals surface area (Å²) in [6.07, 6.45) is 3.66. The Morgan fingerprint density at radius 1 is 1.44 bits per heavy atom. The summed E-state index contributed by atoms with van der Waals surface area (Å²) in [5.74, 6) is -0.00444. The number of anilines is 1. The van der Waals surface area contributed by atoms with Gasteiger partial charge in [-0.15, -0.1) is 0 Å². The topological polar surface area (TPSA) is 62.1 Å². The number of carbonyl (C=O) groups excluding carboxylic acids is 1. The van der Waals surface area contributed by atoms with Crippen molar-refractivity contribution in [3.63, 3.8) is 0 Å². The Labute approximate surface area is 107 Å². The Kier molecular flexibility index (Phi) is 4.32. The summed E-state index contributed by atoms with van der Waals surface area (Å²) >= 11 is 0. The number of carbonyl (C=O) groups is 1. The van der Waals surface area contributed by atoms with Gasteiger partial charge < -0.3 is 10.1 Å². The Balaban J connectivity index is 1.77. The number of nitriles is 1. The maximum atomic E-state index is 11.7. The molecule has 1 heterocycles. The lowest BCUT2D eigenvalue weighted by molar-refractivity contribution is -0.116. The van der Waals surface area contributed by atoms with Gasteiger partial charge in [-0.05, 0) is 43.5 Å². The van der Waals surface area contributed by atoms with Gasteiger partial charge in [0.05, 0.1) is 17.7 Å². The minimum Gasteiger partial charge on any atom is -0.378 e. The van der Waals surface area contributed by atoms with E-state index in [1.54, 1.807) is 24.3 Å². The summed E-state index contributed by atoms with van der Waals surface area (Å²) in [7, 11) is 0. The average Bonchev–Trinajstić information content (AvgIpc) is 2.90. The van der Waals surface area contributed by atoms with Gasteiger partial charge in [0.25, 0.3) is 0 Å². The molecule has 0 aromatic heterocycles. The zero-order valence-corrected chi connectivity index (χ0v) is 10.2. The number of hydrogen-bond donors (Lipinski definition) is 1. The summed E-state index contributed by atoms with van der Waals surface area (Å²) < 4.78 is 5.47. The van der Waals surface area contributed by atoms with Gasteiger partial charge in [0.1, 0.15) is 0 Å². The van der Waals surface area contributed by atoms with Crippen molar-refractivity contribution in [1.29, 1.82) is 5.26 Å². The van der Waals surface area contributed by atoms with Crippen LogP contribution in [0.25, 0.3) is 0 Å². The first-order valence-electron chi connectivity index (χ1n) is 6.19. The zero-order chi connectivity index (χ0) is 12.8. The molecule has 1 aliphatic heterocycles. The third-order valence-electron chi connectivity index (χ3n) is 3.02. The Morgan fingerprint density at radius 3 is 2.83 bits per heavy atom. The molecule has 0 radical (unpaired) electrons. The molecule has 1 aromatic rings.